The molecule has 4 rings (SSSR count). The van der Waals surface area contributed by atoms with Crippen molar-refractivity contribution in [3.05, 3.63) is 64.7 Å². The summed E-state index contributed by atoms with van der Waals surface area (Å²) in [5.74, 6) is 1.14. The van der Waals surface area contributed by atoms with Crippen LogP contribution in [0.15, 0.2) is 42.5 Å². The van der Waals surface area contributed by atoms with Crippen molar-refractivity contribution in [3.8, 4) is 0 Å². The summed E-state index contributed by atoms with van der Waals surface area (Å²) in [6.45, 7) is 10.0. The Morgan fingerprint density at radius 3 is 2.25 bits per heavy atom. The van der Waals surface area contributed by atoms with E-state index in [1.165, 1.54) is 27.9 Å². The van der Waals surface area contributed by atoms with Gasteiger partial charge in [-0.2, -0.15) is 0 Å². The number of carbonyl (C=O) groups excluding carboxylic acids is 1. The van der Waals surface area contributed by atoms with E-state index in [1.54, 1.807) is 0 Å². The van der Waals surface area contributed by atoms with Crippen molar-refractivity contribution in [2.45, 2.75) is 46.0 Å². The highest BCUT2D eigenvalue weighted by molar-refractivity contribution is 5.79. The van der Waals surface area contributed by atoms with Crippen LogP contribution in [0, 0.1) is 26.7 Å². The first-order valence-corrected chi connectivity index (χ1v) is 10.7. The molecule has 148 valence electrons. The van der Waals surface area contributed by atoms with Crippen LogP contribution >= 0.6 is 0 Å². The van der Waals surface area contributed by atoms with Crippen molar-refractivity contribution < 1.29 is 4.79 Å². The van der Waals surface area contributed by atoms with Crippen LogP contribution < -0.4 is 4.90 Å². The van der Waals surface area contributed by atoms with Crippen molar-refractivity contribution in [3.63, 3.8) is 0 Å². The Bertz CT molecular complexity index is 834. The van der Waals surface area contributed by atoms with Gasteiger partial charge in [-0.1, -0.05) is 42.0 Å². The SMILES string of the molecule is Cc1ccc(C2CCC(C(=O)N3CCN(c4cc(C)ccc4C)CC3)C2)cc1. The van der Waals surface area contributed by atoms with Crippen LogP contribution in [0.5, 0.6) is 0 Å². The number of hydrogen-bond acceptors (Lipinski definition) is 2. The zero-order valence-electron chi connectivity index (χ0n) is 17.4. The van der Waals surface area contributed by atoms with Gasteiger partial charge in [-0.3, -0.25) is 4.79 Å². The van der Waals surface area contributed by atoms with Gasteiger partial charge in [0.25, 0.3) is 0 Å². The fourth-order valence-corrected chi connectivity index (χ4v) is 4.83. The lowest BCUT2D eigenvalue weighted by Gasteiger charge is -2.38. The zero-order valence-corrected chi connectivity index (χ0v) is 17.4. The lowest BCUT2D eigenvalue weighted by Crippen LogP contribution is -2.50. The molecule has 0 spiro atoms. The predicted octanol–water partition coefficient (Wildman–Crippen LogP) is 4.84. The lowest BCUT2D eigenvalue weighted by atomic mass is 9.95. The number of benzene rings is 2. The number of rotatable bonds is 3. The van der Waals surface area contributed by atoms with Crippen LogP contribution in [0.3, 0.4) is 0 Å². The van der Waals surface area contributed by atoms with E-state index in [-0.39, 0.29) is 5.92 Å². The van der Waals surface area contributed by atoms with Crippen molar-refractivity contribution >= 4 is 11.6 Å². The maximum Gasteiger partial charge on any atom is 0.225 e. The molecule has 1 amide bonds. The molecule has 2 aromatic rings. The minimum Gasteiger partial charge on any atom is -0.368 e. The molecule has 1 aliphatic carbocycles. The molecular weight excluding hydrogens is 344 g/mol. The van der Waals surface area contributed by atoms with Gasteiger partial charge in [-0.25, -0.2) is 0 Å². The molecule has 2 unspecified atom stereocenters. The Kier molecular flexibility index (Phi) is 5.43. The summed E-state index contributed by atoms with van der Waals surface area (Å²) in [6.07, 6.45) is 3.19. The average molecular weight is 377 g/mol. The summed E-state index contributed by atoms with van der Waals surface area (Å²) in [5, 5.41) is 0. The molecule has 2 aliphatic rings. The molecule has 1 heterocycles. The predicted molar refractivity (Wildman–Crippen MR) is 116 cm³/mol. The van der Waals surface area contributed by atoms with Crippen molar-refractivity contribution in [1.29, 1.82) is 0 Å². The standard InChI is InChI=1S/C25H32N2O/c1-18-5-8-21(9-6-18)22-10-11-23(17-22)25(28)27-14-12-26(13-15-27)24-16-19(2)4-7-20(24)3/h4-9,16,22-23H,10-15,17H2,1-3H3. The second-order valence-corrected chi connectivity index (χ2v) is 8.72. The van der Waals surface area contributed by atoms with Gasteiger partial charge < -0.3 is 9.80 Å². The number of amides is 1. The van der Waals surface area contributed by atoms with Crippen LogP contribution in [0.25, 0.3) is 0 Å². The van der Waals surface area contributed by atoms with E-state index in [0.29, 0.717) is 11.8 Å². The third-order valence-corrected chi connectivity index (χ3v) is 6.63. The van der Waals surface area contributed by atoms with Gasteiger partial charge >= 0.3 is 0 Å². The number of aryl methyl sites for hydroxylation is 3. The highest BCUT2D eigenvalue weighted by atomic mass is 16.2. The van der Waals surface area contributed by atoms with Gasteiger partial charge in [0.15, 0.2) is 0 Å². The second kappa shape index (κ2) is 7.98. The Hall–Kier alpha value is -2.29. The summed E-state index contributed by atoms with van der Waals surface area (Å²) in [7, 11) is 0. The topological polar surface area (TPSA) is 23.6 Å². The number of nitrogens with zero attached hydrogens (tertiary/aromatic N) is 2. The molecule has 2 fully saturated rings. The van der Waals surface area contributed by atoms with Crippen LogP contribution in [0.4, 0.5) is 5.69 Å². The van der Waals surface area contributed by atoms with Gasteiger partial charge in [0.05, 0.1) is 0 Å². The molecule has 0 bridgehead atoms. The number of carbonyl (C=O) groups is 1. The highest BCUT2D eigenvalue weighted by Gasteiger charge is 2.34. The minimum atomic E-state index is 0.207. The molecule has 0 radical (unpaired) electrons. The average Bonchev–Trinajstić information content (AvgIpc) is 3.20. The largest absolute Gasteiger partial charge is 0.368 e. The molecule has 0 aromatic heterocycles. The van der Waals surface area contributed by atoms with E-state index in [2.05, 4.69) is 73.0 Å². The van der Waals surface area contributed by atoms with Crippen LogP contribution in [-0.4, -0.2) is 37.0 Å². The third-order valence-electron chi connectivity index (χ3n) is 6.63. The van der Waals surface area contributed by atoms with E-state index in [1.807, 2.05) is 0 Å². The van der Waals surface area contributed by atoms with Crippen molar-refractivity contribution in [2.24, 2.45) is 5.92 Å². The quantitative estimate of drug-likeness (QED) is 0.765. The molecule has 1 saturated carbocycles. The summed E-state index contributed by atoms with van der Waals surface area (Å²) in [6, 6.07) is 15.5. The maximum absolute atomic E-state index is 13.1. The van der Waals surface area contributed by atoms with Gasteiger partial charge in [-0.05, 0) is 68.7 Å². The summed E-state index contributed by atoms with van der Waals surface area (Å²) < 4.78 is 0. The van der Waals surface area contributed by atoms with E-state index < -0.39 is 0 Å². The molecular formula is C25H32N2O. The first kappa shape index (κ1) is 19.0. The first-order chi connectivity index (χ1) is 13.5. The normalized spacial score (nSPS) is 22.5. The fourth-order valence-electron chi connectivity index (χ4n) is 4.83. The van der Waals surface area contributed by atoms with Gasteiger partial charge in [0.2, 0.25) is 5.91 Å². The minimum absolute atomic E-state index is 0.207. The van der Waals surface area contributed by atoms with E-state index in [9.17, 15) is 4.79 Å². The molecule has 28 heavy (non-hydrogen) atoms. The fraction of sp³-hybridized carbons (Fsp3) is 0.480. The number of hydrogen-bond donors (Lipinski definition) is 0. The zero-order chi connectivity index (χ0) is 19.7. The summed E-state index contributed by atoms with van der Waals surface area (Å²) in [4.78, 5) is 17.7. The molecule has 3 nitrogen and oxygen atoms in total. The molecule has 3 heteroatoms. The molecule has 1 saturated heterocycles. The van der Waals surface area contributed by atoms with Crippen molar-refractivity contribution in [1.82, 2.24) is 4.90 Å². The van der Waals surface area contributed by atoms with Crippen LogP contribution in [-0.2, 0) is 4.79 Å². The van der Waals surface area contributed by atoms with Gasteiger partial charge in [0.1, 0.15) is 0 Å². The molecule has 0 N–H and O–H groups in total. The lowest BCUT2D eigenvalue weighted by molar-refractivity contribution is -0.135. The number of anilines is 1. The van der Waals surface area contributed by atoms with Crippen LogP contribution in [0.1, 0.15) is 47.4 Å². The molecule has 2 aromatic carbocycles. The van der Waals surface area contributed by atoms with Gasteiger partial charge in [0, 0.05) is 37.8 Å². The highest BCUT2D eigenvalue weighted by Crippen LogP contribution is 2.39. The maximum atomic E-state index is 13.1. The first-order valence-electron chi connectivity index (χ1n) is 10.7. The Morgan fingerprint density at radius 1 is 0.857 bits per heavy atom. The van der Waals surface area contributed by atoms with Gasteiger partial charge in [-0.15, -0.1) is 0 Å². The van der Waals surface area contributed by atoms with E-state index in [4.69, 9.17) is 0 Å². The Morgan fingerprint density at radius 2 is 1.54 bits per heavy atom. The van der Waals surface area contributed by atoms with Crippen LogP contribution in [0.2, 0.25) is 0 Å². The third kappa shape index (κ3) is 3.94. The number of piperazine rings is 1. The molecule has 2 atom stereocenters. The van der Waals surface area contributed by atoms with E-state index in [0.717, 1.165) is 45.4 Å². The summed E-state index contributed by atoms with van der Waals surface area (Å²) in [5.41, 5.74) is 6.65. The molecule has 1 aliphatic heterocycles. The monoisotopic (exact) mass is 376 g/mol. The van der Waals surface area contributed by atoms with E-state index >= 15 is 0 Å². The Labute approximate surface area is 169 Å². The smallest absolute Gasteiger partial charge is 0.225 e. The van der Waals surface area contributed by atoms with Crippen molar-refractivity contribution in [2.75, 3.05) is 31.1 Å². The Balaban J connectivity index is 1.34. The summed E-state index contributed by atoms with van der Waals surface area (Å²) >= 11 is 0. The second-order valence-electron chi connectivity index (χ2n) is 8.72.